The lowest BCUT2D eigenvalue weighted by atomic mass is 10.0. The summed E-state index contributed by atoms with van der Waals surface area (Å²) in [6.07, 6.45) is 3.92. The highest BCUT2D eigenvalue weighted by atomic mass is 16.3. The van der Waals surface area contributed by atoms with Crippen LogP contribution in [0.15, 0.2) is 42.7 Å². The third kappa shape index (κ3) is 2.13. The first-order chi connectivity index (χ1) is 9.17. The second kappa shape index (κ2) is 4.52. The Balaban J connectivity index is 2.14. The Morgan fingerprint density at radius 3 is 2.68 bits per heavy atom. The molecule has 96 valence electrons. The first-order valence-electron chi connectivity index (χ1n) is 6.33. The number of aliphatic hydroxyl groups excluding tert-OH is 1. The number of benzene rings is 1. The fourth-order valence-corrected chi connectivity index (χ4v) is 2.36. The van der Waals surface area contributed by atoms with Crippen molar-refractivity contribution < 1.29 is 5.11 Å². The van der Waals surface area contributed by atoms with Gasteiger partial charge in [-0.2, -0.15) is 0 Å². The number of imidazole rings is 1. The topological polar surface area (TPSA) is 37.5 Å². The zero-order valence-electron chi connectivity index (χ0n) is 11.1. The quantitative estimate of drug-likeness (QED) is 0.761. The molecular weight excluding hydrogens is 236 g/mol. The minimum absolute atomic E-state index is 0.0486. The summed E-state index contributed by atoms with van der Waals surface area (Å²) in [6, 6.07) is 10.2. The molecule has 0 aliphatic rings. The predicted molar refractivity (Wildman–Crippen MR) is 76.0 cm³/mol. The molecule has 0 aliphatic carbocycles. The molecule has 3 heteroatoms. The van der Waals surface area contributed by atoms with Crippen molar-refractivity contribution in [2.75, 3.05) is 0 Å². The monoisotopic (exact) mass is 252 g/mol. The molecule has 3 rings (SSSR count). The van der Waals surface area contributed by atoms with Gasteiger partial charge < -0.3 is 9.51 Å². The van der Waals surface area contributed by atoms with E-state index in [1.165, 1.54) is 11.1 Å². The van der Waals surface area contributed by atoms with Crippen LogP contribution in [-0.2, 0) is 6.61 Å². The molecule has 3 aromatic rings. The number of hydrogen-bond donors (Lipinski definition) is 1. The zero-order chi connectivity index (χ0) is 13.4. The number of pyridine rings is 1. The summed E-state index contributed by atoms with van der Waals surface area (Å²) in [4.78, 5) is 4.63. The number of aryl methyl sites for hydroxylation is 2. The molecule has 0 radical (unpaired) electrons. The van der Waals surface area contributed by atoms with Crippen LogP contribution in [0.25, 0.3) is 16.9 Å². The van der Waals surface area contributed by atoms with Gasteiger partial charge in [-0.05, 0) is 31.0 Å². The first-order valence-corrected chi connectivity index (χ1v) is 6.33. The van der Waals surface area contributed by atoms with E-state index < -0.39 is 0 Å². The fraction of sp³-hybridized carbons (Fsp3) is 0.188. The van der Waals surface area contributed by atoms with Crippen molar-refractivity contribution in [2.24, 2.45) is 0 Å². The molecule has 2 heterocycles. The number of hydrogen-bond acceptors (Lipinski definition) is 2. The van der Waals surface area contributed by atoms with Gasteiger partial charge in [-0.25, -0.2) is 4.98 Å². The molecule has 0 saturated heterocycles. The summed E-state index contributed by atoms with van der Waals surface area (Å²) in [7, 11) is 0. The highest BCUT2D eigenvalue weighted by Gasteiger charge is 2.07. The normalized spacial score (nSPS) is 11.1. The first kappa shape index (κ1) is 11.9. The third-order valence-corrected chi connectivity index (χ3v) is 3.35. The van der Waals surface area contributed by atoms with Crippen LogP contribution in [-0.4, -0.2) is 14.5 Å². The van der Waals surface area contributed by atoms with Crippen LogP contribution >= 0.6 is 0 Å². The van der Waals surface area contributed by atoms with Crippen molar-refractivity contribution in [2.45, 2.75) is 20.5 Å². The average molecular weight is 252 g/mol. The molecule has 0 unspecified atom stereocenters. The second-order valence-electron chi connectivity index (χ2n) is 4.91. The Kier molecular flexibility index (Phi) is 2.84. The molecule has 0 fully saturated rings. The molecule has 1 N–H and O–H groups in total. The molecular formula is C16H16N2O. The van der Waals surface area contributed by atoms with Crippen LogP contribution in [0, 0.1) is 13.8 Å². The van der Waals surface area contributed by atoms with Crippen LogP contribution in [0.5, 0.6) is 0 Å². The Bertz CT molecular complexity index is 744. The van der Waals surface area contributed by atoms with E-state index >= 15 is 0 Å². The standard InChI is InChI=1S/C16H16N2O/c1-11-3-5-14(12(2)7-11)15-9-18-8-13(10-19)4-6-16(18)17-15/h3-9,19H,10H2,1-2H3. The van der Waals surface area contributed by atoms with Gasteiger partial charge in [0.25, 0.3) is 0 Å². The lowest BCUT2D eigenvalue weighted by molar-refractivity contribution is 0.281. The molecule has 3 nitrogen and oxygen atoms in total. The molecule has 0 bridgehead atoms. The van der Waals surface area contributed by atoms with E-state index in [0.29, 0.717) is 0 Å². The minimum atomic E-state index is 0.0486. The molecule has 0 saturated carbocycles. The Hall–Kier alpha value is -2.13. The summed E-state index contributed by atoms with van der Waals surface area (Å²) < 4.78 is 1.96. The number of aromatic nitrogens is 2. The summed E-state index contributed by atoms with van der Waals surface area (Å²) in [5, 5.41) is 9.16. The van der Waals surface area contributed by atoms with E-state index in [2.05, 4.69) is 37.0 Å². The van der Waals surface area contributed by atoms with Gasteiger partial charge in [0.15, 0.2) is 0 Å². The van der Waals surface area contributed by atoms with E-state index in [1.807, 2.05) is 28.9 Å². The second-order valence-corrected chi connectivity index (χ2v) is 4.91. The van der Waals surface area contributed by atoms with Crippen LogP contribution in [0.2, 0.25) is 0 Å². The van der Waals surface area contributed by atoms with E-state index in [0.717, 1.165) is 22.5 Å². The summed E-state index contributed by atoms with van der Waals surface area (Å²) in [6.45, 7) is 4.24. The summed E-state index contributed by atoms with van der Waals surface area (Å²) in [5.41, 5.74) is 6.38. The van der Waals surface area contributed by atoms with Gasteiger partial charge in [0.2, 0.25) is 0 Å². The number of rotatable bonds is 2. The van der Waals surface area contributed by atoms with Gasteiger partial charge in [0, 0.05) is 18.0 Å². The predicted octanol–water partition coefficient (Wildman–Crippen LogP) is 3.11. The number of aliphatic hydroxyl groups is 1. The summed E-state index contributed by atoms with van der Waals surface area (Å²) in [5.74, 6) is 0. The highest BCUT2D eigenvalue weighted by molar-refractivity contribution is 5.66. The van der Waals surface area contributed by atoms with Gasteiger partial charge in [-0.1, -0.05) is 29.8 Å². The van der Waals surface area contributed by atoms with Crippen molar-refractivity contribution >= 4 is 5.65 Å². The van der Waals surface area contributed by atoms with Crippen LogP contribution in [0.3, 0.4) is 0 Å². The lowest BCUT2D eigenvalue weighted by Gasteiger charge is -2.02. The fourth-order valence-electron chi connectivity index (χ4n) is 2.36. The van der Waals surface area contributed by atoms with E-state index in [1.54, 1.807) is 0 Å². The van der Waals surface area contributed by atoms with E-state index in [4.69, 9.17) is 5.11 Å². The van der Waals surface area contributed by atoms with Gasteiger partial charge in [-0.15, -0.1) is 0 Å². The third-order valence-electron chi connectivity index (χ3n) is 3.35. The Morgan fingerprint density at radius 1 is 1.11 bits per heavy atom. The van der Waals surface area contributed by atoms with Crippen molar-refractivity contribution in [1.29, 1.82) is 0 Å². The van der Waals surface area contributed by atoms with Crippen molar-refractivity contribution in [3.8, 4) is 11.3 Å². The van der Waals surface area contributed by atoms with Crippen LogP contribution < -0.4 is 0 Å². The minimum Gasteiger partial charge on any atom is -0.392 e. The summed E-state index contributed by atoms with van der Waals surface area (Å²) >= 11 is 0. The van der Waals surface area contributed by atoms with Gasteiger partial charge in [0.1, 0.15) is 5.65 Å². The van der Waals surface area contributed by atoms with E-state index in [9.17, 15) is 0 Å². The van der Waals surface area contributed by atoms with Crippen molar-refractivity contribution in [1.82, 2.24) is 9.38 Å². The molecule has 0 atom stereocenters. The molecule has 0 amide bonds. The Labute approximate surface area is 112 Å². The van der Waals surface area contributed by atoms with Gasteiger partial charge in [0.05, 0.1) is 12.3 Å². The molecule has 0 aliphatic heterocycles. The van der Waals surface area contributed by atoms with Gasteiger partial charge in [-0.3, -0.25) is 0 Å². The van der Waals surface area contributed by atoms with Crippen LogP contribution in [0.1, 0.15) is 16.7 Å². The smallest absolute Gasteiger partial charge is 0.137 e. The molecule has 0 spiro atoms. The lowest BCUT2D eigenvalue weighted by Crippen LogP contribution is -1.88. The maximum absolute atomic E-state index is 9.16. The molecule has 2 aromatic heterocycles. The zero-order valence-corrected chi connectivity index (χ0v) is 11.1. The largest absolute Gasteiger partial charge is 0.392 e. The average Bonchev–Trinajstić information content (AvgIpc) is 2.80. The molecule has 1 aromatic carbocycles. The highest BCUT2D eigenvalue weighted by Crippen LogP contribution is 2.24. The SMILES string of the molecule is Cc1ccc(-c2cn3cc(CO)ccc3n2)c(C)c1. The van der Waals surface area contributed by atoms with Crippen molar-refractivity contribution in [3.05, 3.63) is 59.4 Å². The number of nitrogens with zero attached hydrogens (tertiary/aromatic N) is 2. The number of fused-ring (bicyclic) bond motifs is 1. The maximum atomic E-state index is 9.16. The van der Waals surface area contributed by atoms with Crippen molar-refractivity contribution in [3.63, 3.8) is 0 Å². The van der Waals surface area contributed by atoms with Crippen LogP contribution in [0.4, 0.5) is 0 Å². The van der Waals surface area contributed by atoms with Gasteiger partial charge >= 0.3 is 0 Å². The maximum Gasteiger partial charge on any atom is 0.137 e. The molecule has 19 heavy (non-hydrogen) atoms. The Morgan fingerprint density at radius 2 is 1.95 bits per heavy atom. The van der Waals surface area contributed by atoms with E-state index in [-0.39, 0.29) is 6.61 Å².